The molecule has 14 heavy (non-hydrogen) atoms. The molecule has 78 valence electrons. The molecule has 0 saturated carbocycles. The molecule has 1 rings (SSSR count). The summed E-state index contributed by atoms with van der Waals surface area (Å²) in [5.74, 6) is 0.138. The van der Waals surface area contributed by atoms with E-state index < -0.39 is 11.9 Å². The zero-order valence-corrected chi connectivity index (χ0v) is 8.10. The maximum Gasteiger partial charge on any atom is 0.433 e. The Morgan fingerprint density at radius 1 is 1.43 bits per heavy atom. The quantitative estimate of drug-likeness (QED) is 0.715. The lowest BCUT2D eigenvalue weighted by atomic mass is 9.99. The summed E-state index contributed by atoms with van der Waals surface area (Å²) in [6, 6.07) is 2.75. The van der Waals surface area contributed by atoms with Gasteiger partial charge in [0.2, 0.25) is 0 Å². The average molecular weight is 203 g/mol. The van der Waals surface area contributed by atoms with Gasteiger partial charge in [0, 0.05) is 6.20 Å². The van der Waals surface area contributed by atoms with Crippen molar-refractivity contribution in [1.82, 2.24) is 4.98 Å². The van der Waals surface area contributed by atoms with Crippen molar-refractivity contribution in [3.63, 3.8) is 0 Å². The smallest absolute Gasteiger partial charge is 0.252 e. The molecule has 1 nitrogen and oxygen atoms in total. The molecule has 0 aliphatic heterocycles. The molecule has 0 bridgehead atoms. The van der Waals surface area contributed by atoms with E-state index in [4.69, 9.17) is 0 Å². The highest BCUT2D eigenvalue weighted by atomic mass is 19.4. The number of alkyl halides is 3. The van der Waals surface area contributed by atoms with Gasteiger partial charge in [-0.25, -0.2) is 0 Å². The normalized spacial score (nSPS) is 14.1. The molecule has 0 aromatic carbocycles. The summed E-state index contributed by atoms with van der Waals surface area (Å²) >= 11 is 0. The van der Waals surface area contributed by atoms with Crippen LogP contribution in [0.2, 0.25) is 0 Å². The fourth-order valence-electron chi connectivity index (χ4n) is 1.14. The first-order chi connectivity index (χ1) is 6.45. The number of hydrogen-bond donors (Lipinski definition) is 0. The van der Waals surface area contributed by atoms with Crippen molar-refractivity contribution >= 4 is 0 Å². The van der Waals surface area contributed by atoms with Crippen molar-refractivity contribution < 1.29 is 13.2 Å². The van der Waals surface area contributed by atoms with Crippen LogP contribution in [-0.2, 0) is 6.18 Å². The first kappa shape index (κ1) is 11.0. The SMILES string of the molecule is CCC(C)c1ccnc(C(F)(F)F)c1. The molecular formula is C10H12F3N. The lowest BCUT2D eigenvalue weighted by Gasteiger charge is -2.11. The monoisotopic (exact) mass is 203 g/mol. The fourth-order valence-corrected chi connectivity index (χ4v) is 1.14. The number of pyridine rings is 1. The topological polar surface area (TPSA) is 12.9 Å². The van der Waals surface area contributed by atoms with Crippen LogP contribution in [0.15, 0.2) is 18.3 Å². The van der Waals surface area contributed by atoms with Crippen LogP contribution in [0.25, 0.3) is 0 Å². The molecule has 1 aromatic rings. The van der Waals surface area contributed by atoms with Crippen molar-refractivity contribution in [2.45, 2.75) is 32.4 Å². The molecule has 0 aliphatic rings. The summed E-state index contributed by atoms with van der Waals surface area (Å²) in [6.07, 6.45) is -2.31. The molecule has 0 spiro atoms. The summed E-state index contributed by atoms with van der Waals surface area (Å²) in [5.41, 5.74) is -0.120. The lowest BCUT2D eigenvalue weighted by Crippen LogP contribution is -2.08. The molecule has 0 amide bonds. The van der Waals surface area contributed by atoms with Gasteiger partial charge in [0.25, 0.3) is 0 Å². The Hall–Kier alpha value is -1.06. The van der Waals surface area contributed by atoms with E-state index in [1.807, 2.05) is 13.8 Å². The fraction of sp³-hybridized carbons (Fsp3) is 0.500. The Morgan fingerprint density at radius 2 is 2.07 bits per heavy atom. The maximum atomic E-state index is 12.3. The second-order valence-corrected chi connectivity index (χ2v) is 3.28. The maximum absolute atomic E-state index is 12.3. The van der Waals surface area contributed by atoms with E-state index in [2.05, 4.69) is 4.98 Å². The van der Waals surface area contributed by atoms with E-state index >= 15 is 0 Å². The van der Waals surface area contributed by atoms with Gasteiger partial charge in [0.1, 0.15) is 5.69 Å². The third kappa shape index (κ3) is 2.47. The predicted molar refractivity (Wildman–Crippen MR) is 47.9 cm³/mol. The van der Waals surface area contributed by atoms with Crippen molar-refractivity contribution in [2.24, 2.45) is 0 Å². The third-order valence-electron chi connectivity index (χ3n) is 2.26. The van der Waals surface area contributed by atoms with Crippen LogP contribution in [0.4, 0.5) is 13.2 Å². The van der Waals surface area contributed by atoms with Crippen LogP contribution in [0.1, 0.15) is 37.4 Å². The number of hydrogen-bond acceptors (Lipinski definition) is 1. The van der Waals surface area contributed by atoms with Crippen LogP contribution in [0.5, 0.6) is 0 Å². The zero-order valence-electron chi connectivity index (χ0n) is 8.10. The summed E-state index contributed by atoms with van der Waals surface area (Å²) in [6.45, 7) is 3.84. The highest BCUT2D eigenvalue weighted by Gasteiger charge is 2.32. The van der Waals surface area contributed by atoms with Crippen molar-refractivity contribution in [2.75, 3.05) is 0 Å². The summed E-state index contributed by atoms with van der Waals surface area (Å²) in [7, 11) is 0. The number of halogens is 3. The van der Waals surface area contributed by atoms with Crippen molar-refractivity contribution in [3.05, 3.63) is 29.6 Å². The molecule has 0 radical (unpaired) electrons. The van der Waals surface area contributed by atoms with E-state index in [9.17, 15) is 13.2 Å². The summed E-state index contributed by atoms with van der Waals surface area (Å²) in [5, 5.41) is 0. The third-order valence-corrected chi connectivity index (χ3v) is 2.26. The van der Waals surface area contributed by atoms with Gasteiger partial charge >= 0.3 is 6.18 Å². The van der Waals surface area contributed by atoms with Gasteiger partial charge in [-0.2, -0.15) is 13.2 Å². The van der Waals surface area contributed by atoms with Gasteiger partial charge in [-0.05, 0) is 30.0 Å². The van der Waals surface area contributed by atoms with E-state index in [0.29, 0.717) is 5.56 Å². The van der Waals surface area contributed by atoms with Crippen LogP contribution in [0, 0.1) is 0 Å². The Labute approximate surface area is 81.0 Å². The van der Waals surface area contributed by atoms with Crippen molar-refractivity contribution in [1.29, 1.82) is 0 Å². The second kappa shape index (κ2) is 3.98. The minimum Gasteiger partial charge on any atom is -0.252 e. The standard InChI is InChI=1S/C10H12F3N/c1-3-7(2)8-4-5-14-9(6-8)10(11,12)13/h4-7H,3H2,1-2H3. The molecule has 4 heteroatoms. The largest absolute Gasteiger partial charge is 0.433 e. The summed E-state index contributed by atoms with van der Waals surface area (Å²) < 4.78 is 36.8. The highest BCUT2D eigenvalue weighted by molar-refractivity contribution is 5.21. The highest BCUT2D eigenvalue weighted by Crippen LogP contribution is 2.29. The molecule has 1 heterocycles. The molecule has 1 aromatic heterocycles. The van der Waals surface area contributed by atoms with Crippen LogP contribution in [0.3, 0.4) is 0 Å². The van der Waals surface area contributed by atoms with E-state index in [0.717, 1.165) is 12.5 Å². The summed E-state index contributed by atoms with van der Waals surface area (Å²) in [4.78, 5) is 3.30. The number of nitrogens with zero attached hydrogens (tertiary/aromatic N) is 1. The molecule has 0 aliphatic carbocycles. The molecular weight excluding hydrogens is 191 g/mol. The average Bonchev–Trinajstić information content (AvgIpc) is 2.15. The van der Waals surface area contributed by atoms with Gasteiger partial charge in [-0.3, -0.25) is 4.98 Å². The van der Waals surface area contributed by atoms with Gasteiger partial charge in [0.05, 0.1) is 0 Å². The van der Waals surface area contributed by atoms with Gasteiger partial charge in [-0.15, -0.1) is 0 Å². The van der Waals surface area contributed by atoms with Crippen LogP contribution in [-0.4, -0.2) is 4.98 Å². The lowest BCUT2D eigenvalue weighted by molar-refractivity contribution is -0.141. The Bertz CT molecular complexity index is 306. The predicted octanol–water partition coefficient (Wildman–Crippen LogP) is 3.61. The number of aromatic nitrogens is 1. The van der Waals surface area contributed by atoms with Crippen LogP contribution < -0.4 is 0 Å². The van der Waals surface area contributed by atoms with E-state index in [1.54, 1.807) is 6.07 Å². The van der Waals surface area contributed by atoms with Crippen LogP contribution >= 0.6 is 0 Å². The van der Waals surface area contributed by atoms with Gasteiger partial charge in [-0.1, -0.05) is 13.8 Å². The van der Waals surface area contributed by atoms with Crippen molar-refractivity contribution in [3.8, 4) is 0 Å². The zero-order chi connectivity index (χ0) is 10.8. The first-order valence-electron chi connectivity index (χ1n) is 4.48. The molecule has 0 N–H and O–H groups in total. The Kier molecular flexibility index (Phi) is 3.13. The van der Waals surface area contributed by atoms with E-state index in [1.165, 1.54) is 6.20 Å². The van der Waals surface area contributed by atoms with Gasteiger partial charge in [0.15, 0.2) is 0 Å². The molecule has 1 unspecified atom stereocenters. The van der Waals surface area contributed by atoms with Gasteiger partial charge < -0.3 is 0 Å². The number of rotatable bonds is 2. The van der Waals surface area contributed by atoms with E-state index in [-0.39, 0.29) is 5.92 Å². The Balaban J connectivity index is 3.01. The minimum atomic E-state index is -4.34. The molecule has 0 fully saturated rings. The molecule has 0 saturated heterocycles. The second-order valence-electron chi connectivity index (χ2n) is 3.28. The Morgan fingerprint density at radius 3 is 2.57 bits per heavy atom. The first-order valence-corrected chi connectivity index (χ1v) is 4.48. The minimum absolute atomic E-state index is 0.138. The molecule has 1 atom stereocenters.